The molecule has 0 fully saturated rings. The van der Waals surface area contributed by atoms with Gasteiger partial charge in [0, 0.05) is 6.20 Å². The van der Waals surface area contributed by atoms with E-state index in [2.05, 4.69) is 10.3 Å². The Bertz CT molecular complexity index is 599. The highest BCUT2D eigenvalue weighted by Gasteiger charge is 2.24. The summed E-state index contributed by atoms with van der Waals surface area (Å²) in [5.41, 5.74) is 0.919. The fraction of sp³-hybridized carbons (Fsp3) is 0.188. The number of carbonyl (C=O) groups is 2. The van der Waals surface area contributed by atoms with Crippen LogP contribution >= 0.6 is 0 Å². The average Bonchev–Trinajstić information content (AvgIpc) is 2.54. The quantitative estimate of drug-likeness (QED) is 0.854. The van der Waals surface area contributed by atoms with Gasteiger partial charge in [0.25, 0.3) is 5.91 Å². The lowest BCUT2D eigenvalue weighted by Crippen LogP contribution is -2.35. The molecular weight excluding hydrogens is 268 g/mol. The van der Waals surface area contributed by atoms with Crippen LogP contribution in [0.2, 0.25) is 0 Å². The molecule has 5 nitrogen and oxygen atoms in total. The molecule has 0 bridgehead atoms. The molecule has 0 aliphatic rings. The Balaban J connectivity index is 2.20. The van der Waals surface area contributed by atoms with Gasteiger partial charge < -0.3 is 10.1 Å². The van der Waals surface area contributed by atoms with Crippen molar-refractivity contribution in [1.29, 1.82) is 0 Å². The molecule has 0 saturated heterocycles. The maximum absolute atomic E-state index is 12.2. The van der Waals surface area contributed by atoms with Gasteiger partial charge in [-0.05, 0) is 24.6 Å². The molecule has 5 heteroatoms. The second kappa shape index (κ2) is 7.19. The molecule has 1 N–H and O–H groups in total. The summed E-state index contributed by atoms with van der Waals surface area (Å²) >= 11 is 0. The number of aromatic nitrogens is 1. The van der Waals surface area contributed by atoms with E-state index in [9.17, 15) is 9.59 Å². The molecule has 1 aromatic heterocycles. The fourth-order valence-corrected chi connectivity index (χ4v) is 1.85. The van der Waals surface area contributed by atoms with E-state index >= 15 is 0 Å². The molecular formula is C16H16N2O3. The van der Waals surface area contributed by atoms with Crippen molar-refractivity contribution < 1.29 is 14.3 Å². The third-order valence-electron chi connectivity index (χ3n) is 2.83. The monoisotopic (exact) mass is 284 g/mol. The lowest BCUT2D eigenvalue weighted by molar-refractivity contribution is -0.145. The van der Waals surface area contributed by atoms with Crippen LogP contribution in [0.15, 0.2) is 54.7 Å². The first-order chi connectivity index (χ1) is 10.2. The number of nitrogens with zero attached hydrogens (tertiary/aromatic N) is 1. The topological polar surface area (TPSA) is 68.3 Å². The van der Waals surface area contributed by atoms with E-state index in [4.69, 9.17) is 4.74 Å². The van der Waals surface area contributed by atoms with Gasteiger partial charge in [-0.15, -0.1) is 0 Å². The summed E-state index contributed by atoms with van der Waals surface area (Å²) in [4.78, 5) is 28.2. The molecule has 0 aliphatic carbocycles. The summed E-state index contributed by atoms with van der Waals surface area (Å²) in [7, 11) is 0. The van der Waals surface area contributed by atoms with Gasteiger partial charge in [-0.2, -0.15) is 0 Å². The van der Waals surface area contributed by atoms with Gasteiger partial charge in [0.05, 0.1) is 6.61 Å². The molecule has 0 spiro atoms. The maximum atomic E-state index is 12.2. The second-order valence-corrected chi connectivity index (χ2v) is 4.28. The van der Waals surface area contributed by atoms with Crippen molar-refractivity contribution >= 4 is 11.9 Å². The number of hydrogen-bond acceptors (Lipinski definition) is 4. The van der Waals surface area contributed by atoms with E-state index in [1.54, 1.807) is 49.4 Å². The van der Waals surface area contributed by atoms with Gasteiger partial charge in [-0.3, -0.25) is 9.78 Å². The van der Waals surface area contributed by atoms with Crippen LogP contribution in [0.25, 0.3) is 0 Å². The highest BCUT2D eigenvalue weighted by molar-refractivity contribution is 5.95. The maximum Gasteiger partial charge on any atom is 0.333 e. The van der Waals surface area contributed by atoms with Gasteiger partial charge in [-0.1, -0.05) is 36.4 Å². The average molecular weight is 284 g/mol. The van der Waals surface area contributed by atoms with Crippen LogP contribution in [-0.4, -0.2) is 23.5 Å². The normalized spacial score (nSPS) is 11.5. The minimum atomic E-state index is -0.847. The van der Waals surface area contributed by atoms with Crippen LogP contribution in [0.3, 0.4) is 0 Å². The highest BCUT2D eigenvalue weighted by atomic mass is 16.5. The summed E-state index contributed by atoms with van der Waals surface area (Å²) in [6, 6.07) is 13.1. The molecule has 0 unspecified atom stereocenters. The predicted molar refractivity (Wildman–Crippen MR) is 77.5 cm³/mol. The van der Waals surface area contributed by atoms with Crippen molar-refractivity contribution in [3.05, 3.63) is 66.0 Å². The molecule has 0 saturated carbocycles. The zero-order chi connectivity index (χ0) is 15.1. The Hall–Kier alpha value is -2.69. The zero-order valence-corrected chi connectivity index (χ0v) is 11.7. The summed E-state index contributed by atoms with van der Waals surface area (Å²) in [6.45, 7) is 1.97. The number of pyridine rings is 1. The first-order valence-corrected chi connectivity index (χ1v) is 6.66. The van der Waals surface area contributed by atoms with Crippen molar-refractivity contribution in [2.75, 3.05) is 6.61 Å². The molecule has 0 radical (unpaired) electrons. The van der Waals surface area contributed by atoms with Crippen molar-refractivity contribution in [3.8, 4) is 0 Å². The van der Waals surface area contributed by atoms with Crippen LogP contribution in [-0.2, 0) is 9.53 Å². The van der Waals surface area contributed by atoms with Gasteiger partial charge in [0.1, 0.15) is 5.69 Å². The van der Waals surface area contributed by atoms with E-state index in [1.807, 2.05) is 6.07 Å². The standard InChI is InChI=1S/C16H16N2O3/c1-2-21-16(20)14(12-8-4-3-5-9-12)18-15(19)13-10-6-7-11-17-13/h3-11,14H,2H2,1H3,(H,18,19)/t14-/m1/s1. The largest absolute Gasteiger partial charge is 0.464 e. The van der Waals surface area contributed by atoms with Crippen molar-refractivity contribution in [3.63, 3.8) is 0 Å². The smallest absolute Gasteiger partial charge is 0.333 e. The molecule has 2 aromatic rings. The Morgan fingerprint density at radius 3 is 2.48 bits per heavy atom. The Kier molecular flexibility index (Phi) is 5.04. The lowest BCUT2D eigenvalue weighted by atomic mass is 10.1. The number of esters is 1. The number of benzene rings is 1. The van der Waals surface area contributed by atoms with E-state index in [0.717, 1.165) is 0 Å². The van der Waals surface area contributed by atoms with Crippen molar-refractivity contribution in [2.45, 2.75) is 13.0 Å². The number of carbonyl (C=O) groups excluding carboxylic acids is 2. The van der Waals surface area contributed by atoms with Gasteiger partial charge in [0.15, 0.2) is 6.04 Å². The van der Waals surface area contributed by atoms with Gasteiger partial charge in [-0.25, -0.2) is 4.79 Å². The number of ether oxygens (including phenoxy) is 1. The molecule has 1 atom stereocenters. The lowest BCUT2D eigenvalue weighted by Gasteiger charge is -2.17. The summed E-state index contributed by atoms with van der Waals surface area (Å²) in [5.74, 6) is -0.912. The Labute approximate surface area is 123 Å². The van der Waals surface area contributed by atoms with Crippen LogP contribution in [0.1, 0.15) is 29.0 Å². The molecule has 108 valence electrons. The molecule has 2 rings (SSSR count). The summed E-state index contributed by atoms with van der Waals surface area (Å²) in [6.07, 6.45) is 1.52. The zero-order valence-electron chi connectivity index (χ0n) is 11.7. The number of amides is 1. The molecule has 1 aromatic carbocycles. The summed E-state index contributed by atoms with van der Waals surface area (Å²) in [5, 5.41) is 2.66. The van der Waals surface area contributed by atoms with Crippen LogP contribution in [0.5, 0.6) is 0 Å². The van der Waals surface area contributed by atoms with Crippen LogP contribution in [0.4, 0.5) is 0 Å². The minimum Gasteiger partial charge on any atom is -0.464 e. The van der Waals surface area contributed by atoms with E-state index in [1.165, 1.54) is 6.20 Å². The van der Waals surface area contributed by atoms with Gasteiger partial charge >= 0.3 is 5.97 Å². The minimum absolute atomic E-state index is 0.252. The van der Waals surface area contributed by atoms with Crippen LogP contribution in [0, 0.1) is 0 Å². The van der Waals surface area contributed by atoms with E-state index in [-0.39, 0.29) is 12.3 Å². The first-order valence-electron chi connectivity index (χ1n) is 6.66. The van der Waals surface area contributed by atoms with E-state index < -0.39 is 17.9 Å². The summed E-state index contributed by atoms with van der Waals surface area (Å²) < 4.78 is 5.02. The number of hydrogen-bond donors (Lipinski definition) is 1. The fourth-order valence-electron chi connectivity index (χ4n) is 1.85. The molecule has 21 heavy (non-hydrogen) atoms. The molecule has 1 heterocycles. The van der Waals surface area contributed by atoms with Crippen molar-refractivity contribution in [2.24, 2.45) is 0 Å². The van der Waals surface area contributed by atoms with Crippen LogP contribution < -0.4 is 5.32 Å². The molecule has 1 amide bonds. The predicted octanol–water partition coefficient (Wildman–Crippen LogP) is 2.12. The SMILES string of the molecule is CCOC(=O)[C@H](NC(=O)c1ccccn1)c1ccccc1. The first kappa shape index (κ1) is 14.7. The number of nitrogens with one attached hydrogen (secondary N) is 1. The van der Waals surface area contributed by atoms with E-state index in [0.29, 0.717) is 5.56 Å². The Morgan fingerprint density at radius 1 is 1.14 bits per heavy atom. The third kappa shape index (κ3) is 3.89. The second-order valence-electron chi connectivity index (χ2n) is 4.28. The van der Waals surface area contributed by atoms with Crippen molar-refractivity contribution in [1.82, 2.24) is 10.3 Å². The highest BCUT2D eigenvalue weighted by Crippen LogP contribution is 2.15. The van der Waals surface area contributed by atoms with Gasteiger partial charge in [0.2, 0.25) is 0 Å². The molecule has 0 aliphatic heterocycles. The Morgan fingerprint density at radius 2 is 1.86 bits per heavy atom. The third-order valence-corrected chi connectivity index (χ3v) is 2.83. The number of rotatable bonds is 5.